The molecule has 0 spiro atoms. The maximum atomic E-state index is 12.7. The molecule has 0 aliphatic carbocycles. The van der Waals surface area contributed by atoms with Crippen LogP contribution in [0.1, 0.15) is 26.7 Å². The molecule has 152 valence electrons. The summed E-state index contributed by atoms with van der Waals surface area (Å²) >= 11 is 0. The monoisotopic (exact) mass is 392 g/mol. The molecule has 29 heavy (non-hydrogen) atoms. The quantitative estimate of drug-likeness (QED) is 0.721. The number of rotatable bonds is 5. The van der Waals surface area contributed by atoms with E-state index >= 15 is 0 Å². The SMILES string of the molecule is CC(C)CN1CCC(C(=O)Nc2cc3cc(-c4cn(C)nn4)ccc3cn2)CC1. The zero-order valence-corrected chi connectivity index (χ0v) is 17.3. The largest absolute Gasteiger partial charge is 0.310 e. The molecule has 0 saturated carbocycles. The summed E-state index contributed by atoms with van der Waals surface area (Å²) in [5.74, 6) is 1.39. The van der Waals surface area contributed by atoms with E-state index in [1.165, 1.54) is 0 Å². The van der Waals surface area contributed by atoms with E-state index in [1.54, 1.807) is 10.9 Å². The van der Waals surface area contributed by atoms with E-state index in [-0.39, 0.29) is 11.8 Å². The van der Waals surface area contributed by atoms with Gasteiger partial charge in [-0.2, -0.15) is 0 Å². The summed E-state index contributed by atoms with van der Waals surface area (Å²) in [7, 11) is 1.85. The van der Waals surface area contributed by atoms with E-state index in [4.69, 9.17) is 0 Å². The number of carbonyl (C=O) groups excluding carboxylic acids is 1. The zero-order chi connectivity index (χ0) is 20.4. The summed E-state index contributed by atoms with van der Waals surface area (Å²) in [6.07, 6.45) is 5.50. The smallest absolute Gasteiger partial charge is 0.228 e. The number of piperidine rings is 1. The number of pyridine rings is 1. The van der Waals surface area contributed by atoms with Crippen molar-refractivity contribution in [2.75, 3.05) is 25.0 Å². The van der Waals surface area contributed by atoms with Crippen LogP contribution in [0.15, 0.2) is 36.7 Å². The number of aromatic nitrogens is 4. The number of likely N-dealkylation sites (tertiary alicyclic amines) is 1. The lowest BCUT2D eigenvalue weighted by molar-refractivity contribution is -0.121. The predicted octanol–water partition coefficient (Wildman–Crippen LogP) is 3.34. The van der Waals surface area contributed by atoms with Gasteiger partial charge in [0.2, 0.25) is 5.91 Å². The topological polar surface area (TPSA) is 75.9 Å². The Balaban J connectivity index is 1.44. The third kappa shape index (κ3) is 4.62. The molecule has 2 aromatic heterocycles. The summed E-state index contributed by atoms with van der Waals surface area (Å²) in [5, 5.41) is 13.2. The van der Waals surface area contributed by atoms with Crippen molar-refractivity contribution >= 4 is 22.5 Å². The number of carbonyl (C=O) groups is 1. The minimum atomic E-state index is 0.0573. The van der Waals surface area contributed by atoms with Gasteiger partial charge < -0.3 is 10.2 Å². The molecule has 3 heterocycles. The van der Waals surface area contributed by atoms with Crippen LogP contribution in [-0.4, -0.2) is 50.4 Å². The molecule has 0 radical (unpaired) electrons. The first kappa shape index (κ1) is 19.5. The molecule has 1 aromatic carbocycles. The summed E-state index contributed by atoms with van der Waals surface area (Å²) in [6.45, 7) is 7.56. The minimum Gasteiger partial charge on any atom is -0.310 e. The maximum absolute atomic E-state index is 12.7. The van der Waals surface area contributed by atoms with E-state index in [1.807, 2.05) is 31.4 Å². The molecule has 1 amide bonds. The fourth-order valence-corrected chi connectivity index (χ4v) is 3.97. The molecule has 1 aliphatic rings. The average Bonchev–Trinajstić information content (AvgIpc) is 3.14. The second-order valence-corrected chi connectivity index (χ2v) is 8.37. The van der Waals surface area contributed by atoms with Gasteiger partial charge in [-0.05, 0) is 49.4 Å². The van der Waals surface area contributed by atoms with Crippen LogP contribution in [0.4, 0.5) is 5.82 Å². The van der Waals surface area contributed by atoms with Crippen molar-refractivity contribution in [1.82, 2.24) is 24.9 Å². The van der Waals surface area contributed by atoms with Gasteiger partial charge in [-0.1, -0.05) is 31.2 Å². The molecule has 0 unspecified atom stereocenters. The van der Waals surface area contributed by atoms with Crippen LogP contribution in [-0.2, 0) is 11.8 Å². The molecular weight excluding hydrogens is 364 g/mol. The highest BCUT2D eigenvalue weighted by Crippen LogP contribution is 2.25. The van der Waals surface area contributed by atoms with Crippen molar-refractivity contribution in [1.29, 1.82) is 0 Å². The van der Waals surface area contributed by atoms with Gasteiger partial charge in [0.25, 0.3) is 0 Å². The van der Waals surface area contributed by atoms with Crippen LogP contribution in [0.3, 0.4) is 0 Å². The van der Waals surface area contributed by atoms with Crippen molar-refractivity contribution in [2.24, 2.45) is 18.9 Å². The van der Waals surface area contributed by atoms with Gasteiger partial charge in [0.1, 0.15) is 11.5 Å². The number of benzene rings is 1. The van der Waals surface area contributed by atoms with E-state index in [9.17, 15) is 4.79 Å². The van der Waals surface area contributed by atoms with Crippen LogP contribution in [0.5, 0.6) is 0 Å². The Labute approximate surface area is 171 Å². The molecule has 1 aliphatic heterocycles. The van der Waals surface area contributed by atoms with Gasteiger partial charge in [-0.15, -0.1) is 5.10 Å². The predicted molar refractivity (Wildman–Crippen MR) is 114 cm³/mol. The zero-order valence-electron chi connectivity index (χ0n) is 17.3. The van der Waals surface area contributed by atoms with Gasteiger partial charge >= 0.3 is 0 Å². The first-order valence-electron chi connectivity index (χ1n) is 10.3. The minimum absolute atomic E-state index is 0.0573. The van der Waals surface area contributed by atoms with Gasteiger partial charge in [0.05, 0.1) is 6.20 Å². The maximum Gasteiger partial charge on any atom is 0.228 e. The van der Waals surface area contributed by atoms with Crippen molar-refractivity contribution < 1.29 is 4.79 Å². The number of nitrogens with zero attached hydrogens (tertiary/aromatic N) is 5. The lowest BCUT2D eigenvalue weighted by Gasteiger charge is -2.32. The molecule has 1 fully saturated rings. The van der Waals surface area contributed by atoms with Crippen molar-refractivity contribution in [3.05, 3.63) is 36.7 Å². The summed E-state index contributed by atoms with van der Waals surface area (Å²) in [6, 6.07) is 8.02. The van der Waals surface area contributed by atoms with Crippen LogP contribution in [0, 0.1) is 11.8 Å². The highest BCUT2D eigenvalue weighted by molar-refractivity contribution is 5.95. The fourth-order valence-electron chi connectivity index (χ4n) is 3.97. The molecule has 3 aromatic rings. The summed E-state index contributed by atoms with van der Waals surface area (Å²) in [4.78, 5) is 19.6. The number of aryl methyl sites for hydroxylation is 1. The number of fused-ring (bicyclic) bond motifs is 1. The molecule has 0 atom stereocenters. The van der Waals surface area contributed by atoms with Crippen LogP contribution >= 0.6 is 0 Å². The van der Waals surface area contributed by atoms with Gasteiger partial charge in [0, 0.05) is 36.7 Å². The average molecular weight is 393 g/mol. The third-order valence-electron chi connectivity index (χ3n) is 5.45. The fraction of sp³-hybridized carbons (Fsp3) is 0.455. The Morgan fingerprint density at radius 1 is 1.21 bits per heavy atom. The summed E-state index contributed by atoms with van der Waals surface area (Å²) < 4.78 is 1.68. The van der Waals surface area contributed by atoms with E-state index in [0.717, 1.165) is 54.5 Å². The molecule has 7 nitrogen and oxygen atoms in total. The van der Waals surface area contributed by atoms with E-state index in [2.05, 4.69) is 45.4 Å². The van der Waals surface area contributed by atoms with E-state index in [0.29, 0.717) is 11.7 Å². The Hall–Kier alpha value is -2.80. The molecule has 4 rings (SSSR count). The first-order chi connectivity index (χ1) is 14.0. The number of nitrogens with one attached hydrogen (secondary N) is 1. The lowest BCUT2D eigenvalue weighted by atomic mass is 9.95. The third-order valence-corrected chi connectivity index (χ3v) is 5.45. The second kappa shape index (κ2) is 8.29. The van der Waals surface area contributed by atoms with Crippen LogP contribution < -0.4 is 5.32 Å². The van der Waals surface area contributed by atoms with Crippen molar-refractivity contribution in [3.63, 3.8) is 0 Å². The molecule has 1 saturated heterocycles. The van der Waals surface area contributed by atoms with Crippen LogP contribution in [0.2, 0.25) is 0 Å². The highest BCUT2D eigenvalue weighted by atomic mass is 16.1. The second-order valence-electron chi connectivity index (χ2n) is 8.37. The Kier molecular flexibility index (Phi) is 5.58. The molecular formula is C22H28N6O. The molecule has 0 bridgehead atoms. The number of anilines is 1. The van der Waals surface area contributed by atoms with Crippen molar-refractivity contribution in [3.8, 4) is 11.3 Å². The summed E-state index contributed by atoms with van der Waals surface area (Å²) in [5.41, 5.74) is 1.82. The van der Waals surface area contributed by atoms with Gasteiger partial charge in [-0.25, -0.2) is 4.98 Å². The Morgan fingerprint density at radius 3 is 2.69 bits per heavy atom. The van der Waals surface area contributed by atoms with Crippen LogP contribution in [0.25, 0.3) is 22.0 Å². The first-order valence-corrected chi connectivity index (χ1v) is 10.3. The van der Waals surface area contributed by atoms with E-state index < -0.39 is 0 Å². The number of hydrogen-bond donors (Lipinski definition) is 1. The van der Waals surface area contributed by atoms with Crippen molar-refractivity contribution in [2.45, 2.75) is 26.7 Å². The number of amides is 1. The molecule has 7 heteroatoms. The lowest BCUT2D eigenvalue weighted by Crippen LogP contribution is -2.39. The normalized spacial score (nSPS) is 15.9. The Bertz CT molecular complexity index is 1000. The van der Waals surface area contributed by atoms with Gasteiger partial charge in [0.15, 0.2) is 0 Å². The number of hydrogen-bond acceptors (Lipinski definition) is 5. The molecule has 1 N–H and O–H groups in total. The standard InChI is InChI=1S/C22H28N6O/c1-15(2)13-28-8-6-16(7-9-28)22(29)24-21-11-19-10-17(4-5-18(19)12-23-21)20-14-27(3)26-25-20/h4-5,10-12,14-16H,6-9,13H2,1-3H3,(H,23,24,29). The highest BCUT2D eigenvalue weighted by Gasteiger charge is 2.25. The van der Waals surface area contributed by atoms with Gasteiger partial charge in [-0.3, -0.25) is 9.48 Å². The Morgan fingerprint density at radius 2 is 2.00 bits per heavy atom.